The summed E-state index contributed by atoms with van der Waals surface area (Å²) in [4.78, 5) is 15.8. The van der Waals surface area contributed by atoms with Crippen LogP contribution in [0.2, 0.25) is 0 Å². The molecule has 0 aliphatic carbocycles. The van der Waals surface area contributed by atoms with E-state index in [0.717, 1.165) is 12.1 Å². The second kappa shape index (κ2) is 5.70. The summed E-state index contributed by atoms with van der Waals surface area (Å²) >= 11 is 0. The summed E-state index contributed by atoms with van der Waals surface area (Å²) in [6.45, 7) is 0. The number of nitrogen functional groups attached to an aromatic ring is 1. The lowest BCUT2D eigenvalue weighted by atomic mass is 10.1. The highest BCUT2D eigenvalue weighted by Gasteiger charge is 2.32. The highest BCUT2D eigenvalue weighted by atomic mass is 19.4. The number of nitrogens with one attached hydrogen (secondary N) is 1. The fourth-order valence-corrected chi connectivity index (χ4v) is 1.53. The van der Waals surface area contributed by atoms with Crippen LogP contribution >= 0.6 is 0 Å². The highest BCUT2D eigenvalue weighted by Crippen LogP contribution is 2.29. The molecule has 1 aromatic heterocycles. The lowest BCUT2D eigenvalue weighted by Gasteiger charge is -2.12. The summed E-state index contributed by atoms with van der Waals surface area (Å²) in [5.74, 6) is -0.785. The van der Waals surface area contributed by atoms with Crippen molar-refractivity contribution in [1.29, 1.82) is 0 Å². The van der Waals surface area contributed by atoms with Gasteiger partial charge < -0.3 is 15.8 Å². The Morgan fingerprint density at radius 2 is 2.00 bits per heavy atom. The van der Waals surface area contributed by atoms with E-state index in [1.165, 1.54) is 12.3 Å². The van der Waals surface area contributed by atoms with Crippen LogP contribution in [0, 0.1) is 0 Å². The van der Waals surface area contributed by atoms with Gasteiger partial charge in [0.05, 0.1) is 5.69 Å². The standard InChI is InChI=1S/C13H10F3N3O2/c14-13(15,16)21-10-5-4-8(7-9(10)17)12(20)19-11-3-1-2-6-18-11/h1-7H,17H2,(H,18,19,20). The molecule has 0 saturated carbocycles. The van der Waals surface area contributed by atoms with Gasteiger partial charge in [-0.3, -0.25) is 4.79 Å². The molecule has 0 radical (unpaired) electrons. The van der Waals surface area contributed by atoms with Gasteiger partial charge in [-0.1, -0.05) is 6.07 Å². The Kier molecular flexibility index (Phi) is 3.97. The number of ether oxygens (including phenoxy) is 1. The van der Waals surface area contributed by atoms with Crippen molar-refractivity contribution in [3.8, 4) is 5.75 Å². The molecule has 2 aromatic rings. The van der Waals surface area contributed by atoms with E-state index in [9.17, 15) is 18.0 Å². The van der Waals surface area contributed by atoms with Gasteiger partial charge in [-0.05, 0) is 30.3 Å². The molecule has 2 rings (SSSR count). The monoisotopic (exact) mass is 297 g/mol. The van der Waals surface area contributed by atoms with Crippen molar-refractivity contribution in [2.45, 2.75) is 6.36 Å². The molecule has 0 saturated heterocycles. The second-order valence-electron chi connectivity index (χ2n) is 3.97. The number of aromatic nitrogens is 1. The number of amides is 1. The van der Waals surface area contributed by atoms with Gasteiger partial charge in [0.25, 0.3) is 5.91 Å². The van der Waals surface area contributed by atoms with Gasteiger partial charge in [0.1, 0.15) is 5.82 Å². The maximum absolute atomic E-state index is 12.1. The number of hydrogen-bond donors (Lipinski definition) is 2. The van der Waals surface area contributed by atoms with Crippen LogP contribution in [-0.4, -0.2) is 17.3 Å². The maximum atomic E-state index is 12.1. The number of halogens is 3. The fourth-order valence-electron chi connectivity index (χ4n) is 1.53. The normalized spacial score (nSPS) is 11.0. The molecule has 0 unspecified atom stereocenters. The maximum Gasteiger partial charge on any atom is 0.573 e. The number of alkyl halides is 3. The number of nitrogens with zero attached hydrogens (tertiary/aromatic N) is 1. The van der Waals surface area contributed by atoms with E-state index in [1.54, 1.807) is 18.2 Å². The number of carbonyl (C=O) groups excluding carboxylic acids is 1. The van der Waals surface area contributed by atoms with E-state index in [2.05, 4.69) is 15.0 Å². The lowest BCUT2D eigenvalue weighted by molar-refractivity contribution is -0.274. The van der Waals surface area contributed by atoms with Crippen LogP contribution in [0.4, 0.5) is 24.7 Å². The third-order valence-electron chi connectivity index (χ3n) is 2.40. The largest absolute Gasteiger partial charge is 0.573 e. The van der Waals surface area contributed by atoms with E-state index in [-0.39, 0.29) is 11.3 Å². The van der Waals surface area contributed by atoms with Crippen LogP contribution in [0.1, 0.15) is 10.4 Å². The average Bonchev–Trinajstić information content (AvgIpc) is 2.40. The minimum absolute atomic E-state index is 0.0904. The third-order valence-corrected chi connectivity index (χ3v) is 2.40. The Morgan fingerprint density at radius 1 is 1.24 bits per heavy atom. The van der Waals surface area contributed by atoms with E-state index < -0.39 is 18.0 Å². The summed E-state index contributed by atoms with van der Waals surface area (Å²) in [7, 11) is 0. The first-order valence-corrected chi connectivity index (χ1v) is 5.73. The molecule has 1 amide bonds. The van der Waals surface area contributed by atoms with Crippen molar-refractivity contribution in [3.63, 3.8) is 0 Å². The van der Waals surface area contributed by atoms with Gasteiger partial charge in [0, 0.05) is 11.8 Å². The van der Waals surface area contributed by atoms with Gasteiger partial charge in [-0.2, -0.15) is 0 Å². The molecule has 0 spiro atoms. The Bertz CT molecular complexity index is 645. The Labute approximate surface area is 117 Å². The van der Waals surface area contributed by atoms with Gasteiger partial charge >= 0.3 is 6.36 Å². The first kappa shape index (κ1) is 14.6. The smallest absolute Gasteiger partial charge is 0.404 e. The molecule has 0 aliphatic rings. The Morgan fingerprint density at radius 3 is 2.57 bits per heavy atom. The summed E-state index contributed by atoms with van der Waals surface area (Å²) in [6.07, 6.45) is -3.35. The number of benzene rings is 1. The first-order chi connectivity index (χ1) is 9.85. The topological polar surface area (TPSA) is 77.2 Å². The van der Waals surface area contributed by atoms with E-state index in [4.69, 9.17) is 5.73 Å². The molecule has 8 heteroatoms. The SMILES string of the molecule is Nc1cc(C(=O)Nc2ccccn2)ccc1OC(F)(F)F. The van der Waals surface area contributed by atoms with E-state index in [0.29, 0.717) is 5.82 Å². The van der Waals surface area contributed by atoms with Gasteiger partial charge in [0.15, 0.2) is 5.75 Å². The fraction of sp³-hybridized carbons (Fsp3) is 0.0769. The molecule has 3 N–H and O–H groups in total. The number of carbonyl (C=O) groups is 1. The summed E-state index contributed by atoms with van der Waals surface area (Å²) in [6, 6.07) is 8.18. The predicted molar refractivity (Wildman–Crippen MR) is 69.7 cm³/mol. The first-order valence-electron chi connectivity index (χ1n) is 5.73. The molecule has 21 heavy (non-hydrogen) atoms. The zero-order chi connectivity index (χ0) is 15.5. The zero-order valence-electron chi connectivity index (χ0n) is 10.5. The number of nitrogens with two attached hydrogens (primary N) is 1. The molecule has 0 bridgehead atoms. The molecule has 1 heterocycles. The third kappa shape index (κ3) is 4.10. The van der Waals surface area contributed by atoms with Crippen LogP contribution in [0.5, 0.6) is 5.75 Å². The number of pyridine rings is 1. The van der Waals surface area contributed by atoms with Crippen molar-refractivity contribution in [2.24, 2.45) is 0 Å². The summed E-state index contributed by atoms with van der Waals surface area (Å²) < 4.78 is 40.0. The number of rotatable bonds is 3. The van der Waals surface area contributed by atoms with E-state index >= 15 is 0 Å². The van der Waals surface area contributed by atoms with Crippen LogP contribution < -0.4 is 15.8 Å². The quantitative estimate of drug-likeness (QED) is 0.854. The van der Waals surface area contributed by atoms with Crippen LogP contribution in [-0.2, 0) is 0 Å². The van der Waals surface area contributed by atoms with Crippen molar-refractivity contribution < 1.29 is 22.7 Å². The zero-order valence-corrected chi connectivity index (χ0v) is 10.5. The van der Waals surface area contributed by atoms with Gasteiger partial charge in [0.2, 0.25) is 0 Å². The van der Waals surface area contributed by atoms with Crippen molar-refractivity contribution in [2.75, 3.05) is 11.1 Å². The van der Waals surface area contributed by atoms with Gasteiger partial charge in [-0.25, -0.2) is 4.98 Å². The van der Waals surface area contributed by atoms with Crippen LogP contribution in [0.25, 0.3) is 0 Å². The second-order valence-corrected chi connectivity index (χ2v) is 3.97. The number of anilines is 2. The summed E-state index contributed by atoms with van der Waals surface area (Å²) in [5.41, 5.74) is 5.24. The molecule has 1 aromatic carbocycles. The lowest BCUT2D eigenvalue weighted by Crippen LogP contribution is -2.18. The molecule has 5 nitrogen and oxygen atoms in total. The molecule has 0 atom stereocenters. The van der Waals surface area contributed by atoms with Crippen molar-refractivity contribution in [3.05, 3.63) is 48.2 Å². The minimum Gasteiger partial charge on any atom is -0.404 e. The van der Waals surface area contributed by atoms with Crippen molar-refractivity contribution in [1.82, 2.24) is 4.98 Å². The van der Waals surface area contributed by atoms with Crippen molar-refractivity contribution >= 4 is 17.4 Å². The van der Waals surface area contributed by atoms with Crippen LogP contribution in [0.3, 0.4) is 0 Å². The average molecular weight is 297 g/mol. The van der Waals surface area contributed by atoms with Crippen LogP contribution in [0.15, 0.2) is 42.6 Å². The molecular weight excluding hydrogens is 287 g/mol. The minimum atomic E-state index is -4.84. The van der Waals surface area contributed by atoms with Gasteiger partial charge in [-0.15, -0.1) is 13.2 Å². The highest BCUT2D eigenvalue weighted by molar-refractivity contribution is 6.04. The molecule has 110 valence electrons. The molecule has 0 fully saturated rings. The summed E-state index contributed by atoms with van der Waals surface area (Å²) in [5, 5.41) is 2.48. The Hall–Kier alpha value is -2.77. The van der Waals surface area contributed by atoms with E-state index in [1.807, 2.05) is 0 Å². The Balaban J connectivity index is 2.14. The predicted octanol–water partition coefficient (Wildman–Crippen LogP) is 2.81. The molecule has 0 aliphatic heterocycles. The molecular formula is C13H10F3N3O2. The number of hydrogen-bond acceptors (Lipinski definition) is 4.